The van der Waals surface area contributed by atoms with Crippen LogP contribution in [0, 0.1) is 0 Å². The van der Waals surface area contributed by atoms with Gasteiger partial charge in [0.2, 0.25) is 5.78 Å². The van der Waals surface area contributed by atoms with Crippen molar-refractivity contribution in [3.63, 3.8) is 0 Å². The predicted octanol–water partition coefficient (Wildman–Crippen LogP) is 3.00. The third-order valence-electron chi connectivity index (χ3n) is 4.36. The van der Waals surface area contributed by atoms with Crippen LogP contribution in [0.4, 0.5) is 0 Å². The van der Waals surface area contributed by atoms with Gasteiger partial charge in [-0.2, -0.15) is 0 Å². The van der Waals surface area contributed by atoms with Crippen molar-refractivity contribution in [2.24, 2.45) is 0 Å². The van der Waals surface area contributed by atoms with E-state index in [0.717, 1.165) is 10.4 Å². The first kappa shape index (κ1) is 16.5. The van der Waals surface area contributed by atoms with Gasteiger partial charge in [-0.15, -0.1) is 0 Å². The fraction of sp³-hybridized carbons (Fsp3) is 0.250. The molecular formula is C20H22O3Si. The van der Waals surface area contributed by atoms with Gasteiger partial charge in [0, 0.05) is 0 Å². The van der Waals surface area contributed by atoms with Gasteiger partial charge in [-0.1, -0.05) is 81.4 Å². The van der Waals surface area contributed by atoms with E-state index in [0.29, 0.717) is 5.76 Å². The highest BCUT2D eigenvalue weighted by Crippen LogP contribution is 2.38. The smallest absolute Gasteiger partial charge is 0.320 e. The lowest BCUT2D eigenvalue weighted by molar-refractivity contribution is -0.118. The van der Waals surface area contributed by atoms with Gasteiger partial charge < -0.3 is 9.16 Å². The summed E-state index contributed by atoms with van der Waals surface area (Å²) < 4.78 is 11.8. The van der Waals surface area contributed by atoms with Crippen LogP contribution in [-0.2, 0) is 14.0 Å². The van der Waals surface area contributed by atoms with Crippen molar-refractivity contribution < 1.29 is 14.0 Å². The highest BCUT2D eigenvalue weighted by atomic mass is 28.4. The van der Waals surface area contributed by atoms with Gasteiger partial charge in [0.15, 0.2) is 12.4 Å². The van der Waals surface area contributed by atoms with Crippen LogP contribution in [0.2, 0.25) is 5.04 Å². The van der Waals surface area contributed by atoms with Gasteiger partial charge in [-0.05, 0) is 15.4 Å². The van der Waals surface area contributed by atoms with E-state index in [1.807, 2.05) is 36.4 Å². The minimum Gasteiger partial charge on any atom is -0.529 e. The number of rotatable bonds is 4. The van der Waals surface area contributed by atoms with E-state index >= 15 is 0 Å². The summed E-state index contributed by atoms with van der Waals surface area (Å²) in [6.07, 6.45) is 1.46. The molecule has 4 heteroatoms. The predicted molar refractivity (Wildman–Crippen MR) is 97.7 cm³/mol. The molecule has 2 aromatic carbocycles. The van der Waals surface area contributed by atoms with E-state index < -0.39 is 8.32 Å². The molecule has 24 heavy (non-hydrogen) atoms. The molecule has 0 bridgehead atoms. The lowest BCUT2D eigenvalue weighted by atomic mass is 10.2. The average molecular weight is 338 g/mol. The second-order valence-electron chi connectivity index (χ2n) is 6.98. The molecule has 1 aliphatic rings. The standard InChI is InChI=1S/C20H22O3Si/c1-20(2,3)24(16-10-6-4-7-11-16,17-12-8-5-9-13-17)23-19-15-22-14-18(19)21/h4-13,15H,14H2,1-3H3. The molecule has 0 saturated carbocycles. The maximum Gasteiger partial charge on any atom is 0.320 e. The monoisotopic (exact) mass is 338 g/mol. The molecule has 0 N–H and O–H groups in total. The van der Waals surface area contributed by atoms with Crippen molar-refractivity contribution in [3.8, 4) is 0 Å². The Balaban J connectivity index is 2.23. The molecule has 0 fully saturated rings. The van der Waals surface area contributed by atoms with Crippen LogP contribution in [-0.4, -0.2) is 20.7 Å². The Morgan fingerprint density at radius 3 is 1.79 bits per heavy atom. The number of hydrogen-bond donors (Lipinski definition) is 0. The van der Waals surface area contributed by atoms with E-state index in [9.17, 15) is 4.79 Å². The molecule has 3 rings (SSSR count). The average Bonchev–Trinajstić information content (AvgIpc) is 2.98. The summed E-state index contributed by atoms with van der Waals surface area (Å²) >= 11 is 0. The van der Waals surface area contributed by atoms with Gasteiger partial charge in [0.25, 0.3) is 0 Å². The molecule has 0 saturated heterocycles. The topological polar surface area (TPSA) is 35.5 Å². The molecule has 0 aromatic heterocycles. The summed E-state index contributed by atoms with van der Waals surface area (Å²) in [6.45, 7) is 6.60. The number of carbonyl (C=O) groups excluding carboxylic acids is 1. The number of Topliss-reactive ketones (excluding diaryl/α,β-unsaturated/α-hetero) is 1. The Kier molecular flexibility index (Phi) is 4.33. The van der Waals surface area contributed by atoms with Gasteiger partial charge in [-0.25, -0.2) is 0 Å². The minimum absolute atomic E-state index is 0.0630. The van der Waals surface area contributed by atoms with Gasteiger partial charge in [0.1, 0.15) is 6.26 Å². The molecule has 1 aliphatic heterocycles. The van der Waals surface area contributed by atoms with E-state index in [1.54, 1.807) is 0 Å². The van der Waals surface area contributed by atoms with E-state index in [-0.39, 0.29) is 17.4 Å². The molecule has 2 aromatic rings. The summed E-state index contributed by atoms with van der Waals surface area (Å²) in [5.74, 6) is 0.243. The first-order valence-electron chi connectivity index (χ1n) is 8.10. The molecule has 1 heterocycles. The Hall–Kier alpha value is -2.33. The number of carbonyl (C=O) groups is 1. The van der Waals surface area contributed by atoms with Gasteiger partial charge >= 0.3 is 8.32 Å². The van der Waals surface area contributed by atoms with Crippen molar-refractivity contribution in [3.05, 3.63) is 72.7 Å². The molecule has 124 valence electrons. The molecule has 0 amide bonds. The van der Waals surface area contributed by atoms with Crippen molar-refractivity contribution in [2.75, 3.05) is 6.61 Å². The number of benzene rings is 2. The zero-order valence-corrected chi connectivity index (χ0v) is 15.3. The van der Waals surface area contributed by atoms with Crippen LogP contribution < -0.4 is 10.4 Å². The van der Waals surface area contributed by atoms with Crippen molar-refractivity contribution >= 4 is 24.5 Å². The number of hydrogen-bond acceptors (Lipinski definition) is 3. The van der Waals surface area contributed by atoms with Crippen LogP contribution in [0.15, 0.2) is 72.7 Å². The third kappa shape index (κ3) is 2.78. The first-order valence-corrected chi connectivity index (χ1v) is 10.0. The number of ether oxygens (including phenoxy) is 1. The normalized spacial score (nSPS) is 15.0. The van der Waals surface area contributed by atoms with E-state index in [1.165, 1.54) is 6.26 Å². The van der Waals surface area contributed by atoms with Crippen LogP contribution in [0.25, 0.3) is 0 Å². The lowest BCUT2D eigenvalue weighted by Gasteiger charge is -2.42. The SMILES string of the molecule is CC(C)(C)[Si](OC1=COCC1=O)(c1ccccc1)c1ccccc1. The summed E-state index contributed by atoms with van der Waals surface area (Å²) in [7, 11) is -2.73. The third-order valence-corrected chi connectivity index (χ3v) is 9.29. The van der Waals surface area contributed by atoms with Crippen molar-refractivity contribution in [2.45, 2.75) is 25.8 Å². The molecule has 0 atom stereocenters. The van der Waals surface area contributed by atoms with Crippen LogP contribution in [0.3, 0.4) is 0 Å². The summed E-state index contributed by atoms with van der Waals surface area (Å²) in [5.41, 5.74) is 0. The Bertz CT molecular complexity index is 706. The molecular weight excluding hydrogens is 316 g/mol. The fourth-order valence-corrected chi connectivity index (χ4v) is 7.65. The highest BCUT2D eigenvalue weighted by Gasteiger charge is 2.53. The maximum atomic E-state index is 12.1. The molecule has 0 aliphatic carbocycles. The quantitative estimate of drug-likeness (QED) is 0.804. The number of ketones is 1. The molecule has 0 radical (unpaired) electrons. The largest absolute Gasteiger partial charge is 0.529 e. The molecule has 0 unspecified atom stereocenters. The minimum atomic E-state index is -2.73. The van der Waals surface area contributed by atoms with E-state index in [2.05, 4.69) is 45.0 Å². The van der Waals surface area contributed by atoms with Crippen LogP contribution in [0.5, 0.6) is 0 Å². The second-order valence-corrected chi connectivity index (χ2v) is 11.2. The zero-order chi connectivity index (χ0) is 17.2. The first-order chi connectivity index (χ1) is 11.4. The van der Waals surface area contributed by atoms with Crippen molar-refractivity contribution in [1.29, 1.82) is 0 Å². The van der Waals surface area contributed by atoms with Gasteiger partial charge in [-0.3, -0.25) is 4.79 Å². The Morgan fingerprint density at radius 1 is 0.917 bits per heavy atom. The zero-order valence-electron chi connectivity index (χ0n) is 14.3. The van der Waals surface area contributed by atoms with E-state index in [4.69, 9.17) is 9.16 Å². The fourth-order valence-electron chi connectivity index (χ4n) is 3.23. The highest BCUT2D eigenvalue weighted by molar-refractivity contribution is 6.99. The molecule has 3 nitrogen and oxygen atoms in total. The van der Waals surface area contributed by atoms with Crippen molar-refractivity contribution in [1.82, 2.24) is 0 Å². The summed E-state index contributed by atoms with van der Waals surface area (Å²) in [4.78, 5) is 12.1. The summed E-state index contributed by atoms with van der Waals surface area (Å²) in [6, 6.07) is 20.5. The van der Waals surface area contributed by atoms with Crippen LogP contribution >= 0.6 is 0 Å². The Morgan fingerprint density at radius 2 is 1.42 bits per heavy atom. The van der Waals surface area contributed by atoms with Gasteiger partial charge in [0.05, 0.1) is 0 Å². The second kappa shape index (κ2) is 6.28. The molecule has 0 spiro atoms. The summed E-state index contributed by atoms with van der Waals surface area (Å²) in [5, 5.41) is 2.12. The lowest BCUT2D eigenvalue weighted by Crippen LogP contribution is -2.66. The Labute approximate surface area is 144 Å². The van der Waals surface area contributed by atoms with Crippen LogP contribution in [0.1, 0.15) is 20.8 Å². The maximum absolute atomic E-state index is 12.1.